The first-order valence-electron chi connectivity index (χ1n) is 6.25. The van der Waals surface area contributed by atoms with Crippen molar-refractivity contribution >= 4 is 32.5 Å². The molecule has 0 aliphatic heterocycles. The van der Waals surface area contributed by atoms with E-state index in [0.717, 1.165) is 21.1 Å². The Morgan fingerprint density at radius 3 is 2.75 bits per heavy atom. The van der Waals surface area contributed by atoms with Crippen molar-refractivity contribution in [1.82, 2.24) is 4.98 Å². The van der Waals surface area contributed by atoms with E-state index in [0.29, 0.717) is 18.0 Å². The molecular weight excluding hydrogens is 316 g/mol. The number of fused-ring (bicyclic) bond motifs is 1. The van der Waals surface area contributed by atoms with Crippen LogP contribution in [0.1, 0.15) is 5.69 Å². The third-order valence-electron chi connectivity index (χ3n) is 3.00. The number of nitrogens with zero attached hydrogens (tertiary/aromatic N) is 1. The number of nitrogen functional groups attached to an aromatic ring is 1. The number of rotatable bonds is 3. The summed E-state index contributed by atoms with van der Waals surface area (Å²) < 4.78 is 6.65. The summed E-state index contributed by atoms with van der Waals surface area (Å²) in [7, 11) is 0. The number of nitrogens with two attached hydrogens (primary N) is 1. The van der Waals surface area contributed by atoms with Crippen molar-refractivity contribution in [2.24, 2.45) is 0 Å². The van der Waals surface area contributed by atoms with Gasteiger partial charge in [-0.3, -0.25) is 0 Å². The molecular formula is C16H13BrN2O. The number of halogens is 1. The van der Waals surface area contributed by atoms with Gasteiger partial charge in [0.1, 0.15) is 12.4 Å². The number of anilines is 1. The molecule has 3 aromatic rings. The molecule has 0 spiro atoms. The summed E-state index contributed by atoms with van der Waals surface area (Å²) in [6.07, 6.45) is 0. The first-order chi connectivity index (χ1) is 9.72. The summed E-state index contributed by atoms with van der Waals surface area (Å²) >= 11 is 3.37. The van der Waals surface area contributed by atoms with E-state index in [9.17, 15) is 0 Å². The van der Waals surface area contributed by atoms with Crippen LogP contribution in [0.3, 0.4) is 0 Å². The van der Waals surface area contributed by atoms with E-state index >= 15 is 0 Å². The van der Waals surface area contributed by atoms with Crippen LogP contribution in [0.25, 0.3) is 10.9 Å². The Balaban J connectivity index is 1.79. The van der Waals surface area contributed by atoms with Crippen molar-refractivity contribution < 1.29 is 4.74 Å². The zero-order valence-electron chi connectivity index (χ0n) is 10.7. The van der Waals surface area contributed by atoms with Crippen LogP contribution in [0.5, 0.6) is 5.75 Å². The fourth-order valence-corrected chi connectivity index (χ4v) is 2.37. The van der Waals surface area contributed by atoms with Gasteiger partial charge in [0.15, 0.2) is 0 Å². The van der Waals surface area contributed by atoms with E-state index < -0.39 is 0 Å². The number of aromatic nitrogens is 1. The summed E-state index contributed by atoms with van der Waals surface area (Å²) in [6, 6.07) is 17.6. The molecule has 0 amide bonds. The summed E-state index contributed by atoms with van der Waals surface area (Å²) in [6.45, 7) is 0.399. The highest BCUT2D eigenvalue weighted by Crippen LogP contribution is 2.26. The number of hydrogen-bond donors (Lipinski definition) is 1. The molecule has 0 aliphatic rings. The maximum absolute atomic E-state index is 5.90. The fraction of sp³-hybridized carbons (Fsp3) is 0.0625. The van der Waals surface area contributed by atoms with Crippen molar-refractivity contribution in [2.75, 3.05) is 5.73 Å². The van der Waals surface area contributed by atoms with Gasteiger partial charge in [-0.2, -0.15) is 0 Å². The van der Waals surface area contributed by atoms with Crippen molar-refractivity contribution in [2.45, 2.75) is 6.61 Å². The van der Waals surface area contributed by atoms with Gasteiger partial charge in [-0.1, -0.05) is 40.2 Å². The van der Waals surface area contributed by atoms with E-state index in [-0.39, 0.29) is 0 Å². The number of ether oxygens (including phenoxy) is 1. The highest BCUT2D eigenvalue weighted by atomic mass is 79.9. The lowest BCUT2D eigenvalue weighted by atomic mass is 10.2. The molecule has 1 aromatic heterocycles. The first kappa shape index (κ1) is 12.9. The second kappa shape index (κ2) is 5.51. The van der Waals surface area contributed by atoms with Crippen LogP contribution in [0.15, 0.2) is 59.1 Å². The molecule has 0 fully saturated rings. The Morgan fingerprint density at radius 1 is 1.05 bits per heavy atom. The highest BCUT2D eigenvalue weighted by Gasteiger charge is 2.03. The normalized spacial score (nSPS) is 10.7. The minimum atomic E-state index is 0.399. The molecule has 0 unspecified atom stereocenters. The van der Waals surface area contributed by atoms with Gasteiger partial charge >= 0.3 is 0 Å². The molecule has 0 atom stereocenters. The van der Waals surface area contributed by atoms with Gasteiger partial charge < -0.3 is 10.5 Å². The van der Waals surface area contributed by atoms with Crippen LogP contribution < -0.4 is 10.5 Å². The second-order valence-corrected chi connectivity index (χ2v) is 5.38. The van der Waals surface area contributed by atoms with Gasteiger partial charge in [-0.25, -0.2) is 4.98 Å². The summed E-state index contributed by atoms with van der Waals surface area (Å²) in [5.41, 5.74) is 8.36. The third kappa shape index (κ3) is 2.75. The monoisotopic (exact) mass is 328 g/mol. The Hall–Kier alpha value is -2.07. The van der Waals surface area contributed by atoms with Gasteiger partial charge in [0, 0.05) is 9.86 Å². The number of pyridine rings is 1. The number of para-hydroxylation sites is 1. The van der Waals surface area contributed by atoms with E-state index in [4.69, 9.17) is 10.5 Å². The summed E-state index contributed by atoms with van der Waals surface area (Å²) in [5, 5.41) is 1.12. The van der Waals surface area contributed by atoms with Crippen LogP contribution in [-0.4, -0.2) is 4.98 Å². The van der Waals surface area contributed by atoms with Crippen molar-refractivity contribution in [3.63, 3.8) is 0 Å². The first-order valence-corrected chi connectivity index (χ1v) is 7.04. The molecule has 1 heterocycles. The zero-order valence-corrected chi connectivity index (χ0v) is 12.3. The van der Waals surface area contributed by atoms with Crippen molar-refractivity contribution in [1.29, 1.82) is 0 Å². The van der Waals surface area contributed by atoms with E-state index in [1.54, 1.807) is 0 Å². The molecule has 4 heteroatoms. The minimum absolute atomic E-state index is 0.399. The van der Waals surface area contributed by atoms with E-state index in [1.807, 2.05) is 54.6 Å². The van der Waals surface area contributed by atoms with Gasteiger partial charge in [0.2, 0.25) is 0 Å². The number of benzene rings is 2. The van der Waals surface area contributed by atoms with Gasteiger partial charge in [0.25, 0.3) is 0 Å². The Labute approximate surface area is 125 Å². The fourth-order valence-electron chi connectivity index (χ4n) is 1.99. The van der Waals surface area contributed by atoms with E-state index in [2.05, 4.69) is 20.9 Å². The topological polar surface area (TPSA) is 48.1 Å². The lowest BCUT2D eigenvalue weighted by Gasteiger charge is -2.09. The Bertz CT molecular complexity index is 758. The maximum Gasteiger partial charge on any atom is 0.142 e. The van der Waals surface area contributed by atoms with E-state index in [1.165, 1.54) is 0 Å². The predicted octanol–water partition coefficient (Wildman–Crippen LogP) is 4.16. The minimum Gasteiger partial charge on any atom is -0.485 e. The molecule has 20 heavy (non-hydrogen) atoms. The molecule has 2 aromatic carbocycles. The largest absolute Gasteiger partial charge is 0.485 e. The molecule has 3 rings (SSSR count). The summed E-state index contributed by atoms with van der Waals surface area (Å²) in [4.78, 5) is 4.56. The second-order valence-electron chi connectivity index (χ2n) is 4.47. The molecule has 2 N–H and O–H groups in total. The average Bonchev–Trinajstić information content (AvgIpc) is 2.46. The molecule has 0 aliphatic carbocycles. The van der Waals surface area contributed by atoms with Gasteiger partial charge in [0.05, 0.1) is 16.9 Å². The molecule has 3 nitrogen and oxygen atoms in total. The zero-order chi connectivity index (χ0) is 13.9. The molecule has 0 saturated heterocycles. The van der Waals surface area contributed by atoms with Crippen molar-refractivity contribution in [3.8, 4) is 5.75 Å². The predicted molar refractivity (Wildman–Crippen MR) is 84.6 cm³/mol. The van der Waals surface area contributed by atoms with Crippen LogP contribution in [0.2, 0.25) is 0 Å². The van der Waals surface area contributed by atoms with Crippen LogP contribution >= 0.6 is 15.9 Å². The molecule has 0 saturated carbocycles. The standard InChI is InChI=1S/C16H13BrN2O/c17-12-6-8-16(14(18)9-12)20-10-13-7-5-11-3-1-2-4-15(11)19-13/h1-9H,10,18H2. The maximum atomic E-state index is 5.90. The number of hydrogen-bond acceptors (Lipinski definition) is 3. The Kier molecular flexibility index (Phi) is 3.56. The molecule has 0 radical (unpaired) electrons. The quantitative estimate of drug-likeness (QED) is 0.734. The average molecular weight is 329 g/mol. The van der Waals surface area contributed by atoms with Crippen LogP contribution in [0.4, 0.5) is 5.69 Å². The molecule has 0 bridgehead atoms. The van der Waals surface area contributed by atoms with Crippen LogP contribution in [-0.2, 0) is 6.61 Å². The lowest BCUT2D eigenvalue weighted by Crippen LogP contribution is -2.00. The summed E-state index contributed by atoms with van der Waals surface area (Å²) in [5.74, 6) is 0.670. The molecule has 100 valence electrons. The van der Waals surface area contributed by atoms with Crippen molar-refractivity contribution in [3.05, 3.63) is 64.8 Å². The highest BCUT2D eigenvalue weighted by molar-refractivity contribution is 9.10. The third-order valence-corrected chi connectivity index (χ3v) is 3.50. The Morgan fingerprint density at radius 2 is 1.90 bits per heavy atom. The van der Waals surface area contributed by atoms with Gasteiger partial charge in [-0.05, 0) is 30.3 Å². The smallest absolute Gasteiger partial charge is 0.142 e. The lowest BCUT2D eigenvalue weighted by molar-refractivity contribution is 0.303. The van der Waals surface area contributed by atoms with Crippen LogP contribution in [0, 0.1) is 0 Å². The SMILES string of the molecule is Nc1cc(Br)ccc1OCc1ccc2ccccc2n1. The van der Waals surface area contributed by atoms with Gasteiger partial charge in [-0.15, -0.1) is 0 Å².